The average Bonchev–Trinajstić information content (AvgIpc) is 2.75. The summed E-state index contributed by atoms with van der Waals surface area (Å²) < 4.78 is 1.79. The Balaban J connectivity index is 2.04. The average molecular weight is 222 g/mol. The number of hydrogen-bond donors (Lipinski definition) is 2. The number of hydrogen-bond acceptors (Lipinski definition) is 4. The number of rotatable bonds is 3. The first-order chi connectivity index (χ1) is 7.56. The zero-order valence-corrected chi connectivity index (χ0v) is 9.23. The Morgan fingerprint density at radius 2 is 2.31 bits per heavy atom. The summed E-state index contributed by atoms with van der Waals surface area (Å²) in [5.41, 5.74) is 0.753. The molecule has 6 nitrogen and oxygen atoms in total. The normalized spacial score (nSPS) is 20.3. The molecular weight excluding hydrogens is 208 g/mol. The van der Waals surface area contributed by atoms with Gasteiger partial charge in [0.15, 0.2) is 0 Å². The van der Waals surface area contributed by atoms with Gasteiger partial charge < -0.3 is 5.32 Å². The van der Waals surface area contributed by atoms with Crippen LogP contribution in [0.5, 0.6) is 0 Å². The van der Waals surface area contributed by atoms with Crippen molar-refractivity contribution in [2.45, 2.75) is 32.4 Å². The summed E-state index contributed by atoms with van der Waals surface area (Å²) >= 11 is 0. The fourth-order valence-corrected chi connectivity index (χ4v) is 1.57. The Morgan fingerprint density at radius 1 is 1.56 bits per heavy atom. The SMILES string of the molecule is CC(C)n1cc(NC2CC(=O)NC2=O)cn1. The fraction of sp³-hybridized carbons (Fsp3) is 0.500. The van der Waals surface area contributed by atoms with Crippen LogP contribution in [-0.4, -0.2) is 27.6 Å². The van der Waals surface area contributed by atoms with Crippen molar-refractivity contribution in [3.63, 3.8) is 0 Å². The number of amides is 2. The second-order valence-electron chi connectivity index (χ2n) is 4.12. The summed E-state index contributed by atoms with van der Waals surface area (Å²) in [5.74, 6) is -0.513. The molecule has 0 radical (unpaired) electrons. The molecule has 0 aromatic carbocycles. The molecule has 0 spiro atoms. The van der Waals surface area contributed by atoms with E-state index in [1.54, 1.807) is 10.9 Å². The van der Waals surface area contributed by atoms with E-state index in [0.29, 0.717) is 0 Å². The third-order valence-corrected chi connectivity index (χ3v) is 2.44. The summed E-state index contributed by atoms with van der Waals surface area (Å²) in [7, 11) is 0. The van der Waals surface area contributed by atoms with Crippen LogP contribution in [0.4, 0.5) is 5.69 Å². The molecule has 1 saturated heterocycles. The summed E-state index contributed by atoms with van der Waals surface area (Å²) in [5, 5.41) is 9.37. The highest BCUT2D eigenvalue weighted by atomic mass is 16.2. The molecule has 2 rings (SSSR count). The van der Waals surface area contributed by atoms with E-state index >= 15 is 0 Å². The molecule has 1 aliphatic rings. The van der Waals surface area contributed by atoms with Crippen LogP contribution in [0.1, 0.15) is 26.3 Å². The van der Waals surface area contributed by atoms with Crippen LogP contribution in [0.3, 0.4) is 0 Å². The van der Waals surface area contributed by atoms with Crippen molar-refractivity contribution in [1.29, 1.82) is 0 Å². The zero-order valence-electron chi connectivity index (χ0n) is 9.23. The van der Waals surface area contributed by atoms with Crippen LogP contribution < -0.4 is 10.6 Å². The molecule has 1 aromatic rings. The topological polar surface area (TPSA) is 76.0 Å². The predicted molar refractivity (Wildman–Crippen MR) is 57.8 cm³/mol. The molecule has 0 aliphatic carbocycles. The van der Waals surface area contributed by atoms with Crippen LogP contribution in [0.25, 0.3) is 0 Å². The van der Waals surface area contributed by atoms with Gasteiger partial charge in [0.05, 0.1) is 18.3 Å². The van der Waals surface area contributed by atoms with Crippen LogP contribution in [0, 0.1) is 0 Å². The van der Waals surface area contributed by atoms with Crippen molar-refractivity contribution in [3.8, 4) is 0 Å². The number of carbonyl (C=O) groups is 2. The van der Waals surface area contributed by atoms with Crippen molar-refractivity contribution < 1.29 is 9.59 Å². The molecule has 0 bridgehead atoms. The second kappa shape index (κ2) is 3.96. The molecule has 16 heavy (non-hydrogen) atoms. The summed E-state index contributed by atoms with van der Waals surface area (Å²) in [4.78, 5) is 22.3. The van der Waals surface area contributed by atoms with Gasteiger partial charge in [-0.3, -0.25) is 19.6 Å². The van der Waals surface area contributed by atoms with Gasteiger partial charge in [0, 0.05) is 12.2 Å². The lowest BCUT2D eigenvalue weighted by Crippen LogP contribution is -2.29. The Labute approximate surface area is 93.0 Å². The van der Waals surface area contributed by atoms with Gasteiger partial charge >= 0.3 is 0 Å². The molecule has 1 aliphatic heterocycles. The van der Waals surface area contributed by atoms with Gasteiger partial charge in [-0.05, 0) is 13.8 Å². The first kappa shape index (κ1) is 10.7. The van der Waals surface area contributed by atoms with Gasteiger partial charge in [-0.2, -0.15) is 5.10 Å². The lowest BCUT2D eigenvalue weighted by Gasteiger charge is -2.08. The Kier molecular flexibility index (Phi) is 2.64. The minimum Gasteiger partial charge on any atom is -0.371 e. The molecule has 2 amide bonds. The fourth-order valence-electron chi connectivity index (χ4n) is 1.57. The Morgan fingerprint density at radius 3 is 2.81 bits per heavy atom. The third kappa shape index (κ3) is 2.05. The van der Waals surface area contributed by atoms with Gasteiger partial charge in [-0.15, -0.1) is 0 Å². The first-order valence-electron chi connectivity index (χ1n) is 5.20. The van der Waals surface area contributed by atoms with Crippen LogP contribution in [-0.2, 0) is 9.59 Å². The van der Waals surface area contributed by atoms with Gasteiger partial charge in [0.25, 0.3) is 0 Å². The van der Waals surface area contributed by atoms with E-state index < -0.39 is 6.04 Å². The van der Waals surface area contributed by atoms with E-state index in [9.17, 15) is 9.59 Å². The summed E-state index contributed by atoms with van der Waals surface area (Å²) in [6.07, 6.45) is 3.66. The van der Waals surface area contributed by atoms with Gasteiger partial charge in [0.2, 0.25) is 11.8 Å². The zero-order chi connectivity index (χ0) is 11.7. The second-order valence-corrected chi connectivity index (χ2v) is 4.12. The van der Waals surface area contributed by atoms with Gasteiger partial charge in [-0.25, -0.2) is 0 Å². The summed E-state index contributed by atoms with van der Waals surface area (Å²) in [6.45, 7) is 4.03. The molecule has 2 N–H and O–H groups in total. The number of aromatic nitrogens is 2. The molecule has 2 heterocycles. The Bertz CT molecular complexity index is 424. The third-order valence-electron chi connectivity index (χ3n) is 2.44. The molecular formula is C10H14N4O2. The maximum atomic E-state index is 11.3. The molecule has 1 unspecified atom stereocenters. The van der Waals surface area contributed by atoms with Crippen LogP contribution in [0.15, 0.2) is 12.4 Å². The smallest absolute Gasteiger partial charge is 0.249 e. The van der Waals surface area contributed by atoms with E-state index in [0.717, 1.165) is 5.69 Å². The van der Waals surface area contributed by atoms with E-state index in [1.807, 2.05) is 20.0 Å². The molecule has 1 fully saturated rings. The monoisotopic (exact) mass is 222 g/mol. The minimum absolute atomic E-state index is 0.186. The van der Waals surface area contributed by atoms with E-state index in [-0.39, 0.29) is 24.3 Å². The standard InChI is InChI=1S/C10H14N4O2/c1-6(2)14-5-7(4-11-14)12-8-3-9(15)13-10(8)16/h4-6,8,12H,3H2,1-2H3,(H,13,15,16). The number of nitrogens with zero attached hydrogens (tertiary/aromatic N) is 2. The molecule has 86 valence electrons. The van der Waals surface area contributed by atoms with Crippen LogP contribution >= 0.6 is 0 Å². The summed E-state index contributed by atoms with van der Waals surface area (Å²) in [6, 6.07) is -0.202. The molecule has 6 heteroatoms. The largest absolute Gasteiger partial charge is 0.371 e. The predicted octanol–water partition coefficient (Wildman–Crippen LogP) is 0.291. The maximum Gasteiger partial charge on any atom is 0.249 e. The van der Waals surface area contributed by atoms with E-state index in [2.05, 4.69) is 15.7 Å². The highest BCUT2D eigenvalue weighted by Gasteiger charge is 2.30. The highest BCUT2D eigenvalue weighted by Crippen LogP contribution is 2.14. The van der Waals surface area contributed by atoms with Crippen molar-refractivity contribution in [3.05, 3.63) is 12.4 Å². The lowest BCUT2D eigenvalue weighted by molar-refractivity contribution is -0.124. The highest BCUT2D eigenvalue weighted by molar-refractivity contribution is 6.06. The molecule has 0 saturated carbocycles. The van der Waals surface area contributed by atoms with E-state index in [4.69, 9.17) is 0 Å². The van der Waals surface area contributed by atoms with Gasteiger partial charge in [-0.1, -0.05) is 0 Å². The van der Waals surface area contributed by atoms with Crippen molar-refractivity contribution in [2.75, 3.05) is 5.32 Å². The van der Waals surface area contributed by atoms with Crippen molar-refractivity contribution in [2.24, 2.45) is 0 Å². The maximum absolute atomic E-state index is 11.3. The quantitative estimate of drug-likeness (QED) is 0.721. The number of imide groups is 1. The van der Waals surface area contributed by atoms with Gasteiger partial charge in [0.1, 0.15) is 6.04 Å². The number of nitrogens with one attached hydrogen (secondary N) is 2. The molecule has 1 aromatic heterocycles. The van der Waals surface area contributed by atoms with Crippen molar-refractivity contribution in [1.82, 2.24) is 15.1 Å². The number of carbonyl (C=O) groups excluding carboxylic acids is 2. The Hall–Kier alpha value is -1.85. The van der Waals surface area contributed by atoms with Crippen molar-refractivity contribution >= 4 is 17.5 Å². The number of anilines is 1. The minimum atomic E-state index is -0.475. The first-order valence-corrected chi connectivity index (χ1v) is 5.20. The molecule has 1 atom stereocenters. The van der Waals surface area contributed by atoms with Crippen LogP contribution in [0.2, 0.25) is 0 Å². The van der Waals surface area contributed by atoms with E-state index in [1.165, 1.54) is 0 Å². The lowest BCUT2D eigenvalue weighted by atomic mass is 10.2.